The number of fused-ring (bicyclic) bond motifs is 6. The second kappa shape index (κ2) is 5.51. The molecule has 2 aliphatic rings. The number of nitrogens with zero attached hydrogens (tertiary/aromatic N) is 3. The molecule has 5 heteroatoms. The molecule has 0 unspecified atom stereocenters. The first-order chi connectivity index (χ1) is 13.4. The average Bonchev–Trinajstić information content (AvgIpc) is 3.32. The summed E-state index contributed by atoms with van der Waals surface area (Å²) < 4.78 is 13.2. The summed E-state index contributed by atoms with van der Waals surface area (Å²) >= 11 is 0. The van der Waals surface area contributed by atoms with Crippen molar-refractivity contribution in [3.8, 4) is 22.8 Å². The fraction of sp³-hybridized carbons (Fsp3) is 0.136. The SMILES string of the molecule is c1ccc2c(c1)CN(Cc1ccc3c(c1)OCO3)c1c-2nc2ccccn12. The number of anilines is 1. The second-order valence-corrected chi connectivity index (χ2v) is 6.91. The van der Waals surface area contributed by atoms with E-state index in [2.05, 4.69) is 58.0 Å². The van der Waals surface area contributed by atoms with Crippen molar-refractivity contribution in [2.24, 2.45) is 0 Å². The van der Waals surface area contributed by atoms with Gasteiger partial charge >= 0.3 is 0 Å². The molecule has 0 amide bonds. The number of hydrogen-bond donors (Lipinski definition) is 0. The molecule has 5 nitrogen and oxygen atoms in total. The summed E-state index contributed by atoms with van der Waals surface area (Å²) in [4.78, 5) is 7.31. The van der Waals surface area contributed by atoms with Crippen molar-refractivity contribution >= 4 is 11.5 Å². The lowest BCUT2D eigenvalue weighted by molar-refractivity contribution is 0.174. The zero-order chi connectivity index (χ0) is 17.8. The molecule has 0 aliphatic carbocycles. The van der Waals surface area contributed by atoms with E-state index in [-0.39, 0.29) is 0 Å². The summed E-state index contributed by atoms with van der Waals surface area (Å²) in [6, 6.07) is 20.8. The Morgan fingerprint density at radius 1 is 0.926 bits per heavy atom. The molecule has 0 spiro atoms. The molecular weight excluding hydrogens is 338 g/mol. The highest BCUT2D eigenvalue weighted by atomic mass is 16.7. The van der Waals surface area contributed by atoms with E-state index in [1.165, 1.54) is 16.7 Å². The monoisotopic (exact) mass is 355 g/mol. The molecule has 2 aromatic carbocycles. The van der Waals surface area contributed by atoms with E-state index in [0.29, 0.717) is 6.79 Å². The van der Waals surface area contributed by atoms with Gasteiger partial charge in [-0.1, -0.05) is 36.4 Å². The molecule has 0 N–H and O–H groups in total. The minimum atomic E-state index is 0.299. The van der Waals surface area contributed by atoms with Gasteiger partial charge in [0.2, 0.25) is 6.79 Å². The van der Waals surface area contributed by atoms with E-state index < -0.39 is 0 Å². The van der Waals surface area contributed by atoms with Gasteiger partial charge in [-0.25, -0.2) is 4.98 Å². The van der Waals surface area contributed by atoms with Gasteiger partial charge in [0.1, 0.15) is 17.2 Å². The summed E-state index contributed by atoms with van der Waals surface area (Å²) in [5, 5.41) is 0. The summed E-state index contributed by atoms with van der Waals surface area (Å²) in [5.41, 5.74) is 5.72. The summed E-state index contributed by atoms with van der Waals surface area (Å²) in [5.74, 6) is 2.78. The predicted octanol–water partition coefficient (Wildman–Crippen LogP) is 4.25. The first kappa shape index (κ1) is 14.7. The summed E-state index contributed by atoms with van der Waals surface area (Å²) in [6.07, 6.45) is 2.09. The van der Waals surface area contributed by atoms with Crippen LogP contribution in [0, 0.1) is 0 Å². The maximum atomic E-state index is 5.55. The van der Waals surface area contributed by atoms with Crippen LogP contribution in [0.3, 0.4) is 0 Å². The van der Waals surface area contributed by atoms with Crippen LogP contribution in [0.5, 0.6) is 11.5 Å². The van der Waals surface area contributed by atoms with Gasteiger partial charge < -0.3 is 14.4 Å². The van der Waals surface area contributed by atoms with Crippen molar-refractivity contribution in [2.45, 2.75) is 13.1 Å². The Hall–Kier alpha value is -3.47. The molecule has 0 saturated carbocycles. The number of pyridine rings is 1. The van der Waals surface area contributed by atoms with Crippen LogP contribution in [0.4, 0.5) is 5.82 Å². The Labute approximate surface area is 156 Å². The number of imidazole rings is 1. The average molecular weight is 355 g/mol. The molecule has 0 bridgehead atoms. The topological polar surface area (TPSA) is 39.0 Å². The van der Waals surface area contributed by atoms with Crippen LogP contribution < -0.4 is 14.4 Å². The van der Waals surface area contributed by atoms with Crippen molar-refractivity contribution in [1.82, 2.24) is 9.38 Å². The Bertz CT molecular complexity index is 1180. The second-order valence-electron chi connectivity index (χ2n) is 6.91. The maximum absolute atomic E-state index is 5.55. The van der Waals surface area contributed by atoms with E-state index in [4.69, 9.17) is 14.5 Å². The lowest BCUT2D eigenvalue weighted by atomic mass is 9.99. The van der Waals surface area contributed by atoms with Crippen molar-refractivity contribution in [3.63, 3.8) is 0 Å². The fourth-order valence-electron chi connectivity index (χ4n) is 4.03. The number of aromatic nitrogens is 2. The van der Waals surface area contributed by atoms with Gasteiger partial charge in [-0.05, 0) is 35.4 Å². The highest BCUT2D eigenvalue weighted by Gasteiger charge is 2.27. The third-order valence-corrected chi connectivity index (χ3v) is 5.25. The van der Waals surface area contributed by atoms with Crippen LogP contribution in [0.1, 0.15) is 11.1 Å². The van der Waals surface area contributed by atoms with Gasteiger partial charge in [0.05, 0.1) is 0 Å². The van der Waals surface area contributed by atoms with Crippen LogP contribution in [0.2, 0.25) is 0 Å². The van der Waals surface area contributed by atoms with Crippen molar-refractivity contribution < 1.29 is 9.47 Å². The summed E-state index contributed by atoms with van der Waals surface area (Å²) in [6.45, 7) is 1.92. The third kappa shape index (κ3) is 2.21. The number of hydrogen-bond acceptors (Lipinski definition) is 4. The number of ether oxygens (including phenoxy) is 2. The lowest BCUT2D eigenvalue weighted by Gasteiger charge is -2.30. The Balaban J connectivity index is 1.49. The normalized spacial score (nSPS) is 14.3. The minimum absolute atomic E-state index is 0.299. The van der Waals surface area contributed by atoms with E-state index >= 15 is 0 Å². The van der Waals surface area contributed by atoms with Gasteiger partial charge in [-0.3, -0.25) is 4.40 Å². The van der Waals surface area contributed by atoms with Gasteiger partial charge in [0.15, 0.2) is 11.5 Å². The van der Waals surface area contributed by atoms with E-state index in [0.717, 1.165) is 41.7 Å². The van der Waals surface area contributed by atoms with Crippen molar-refractivity contribution in [1.29, 1.82) is 0 Å². The number of benzene rings is 2. The molecule has 6 rings (SSSR count). The highest BCUT2D eigenvalue weighted by Crippen LogP contribution is 2.40. The molecule has 0 fully saturated rings. The molecular formula is C22H17N3O2. The van der Waals surface area contributed by atoms with Gasteiger partial charge in [-0.2, -0.15) is 0 Å². The van der Waals surface area contributed by atoms with E-state index in [1.807, 2.05) is 18.2 Å². The Kier molecular flexibility index (Phi) is 3.00. The molecule has 132 valence electrons. The smallest absolute Gasteiger partial charge is 0.231 e. The van der Waals surface area contributed by atoms with E-state index in [1.54, 1.807) is 0 Å². The zero-order valence-electron chi connectivity index (χ0n) is 14.6. The molecule has 2 aromatic heterocycles. The van der Waals surface area contributed by atoms with Crippen molar-refractivity contribution in [2.75, 3.05) is 11.7 Å². The van der Waals surface area contributed by atoms with Crippen molar-refractivity contribution in [3.05, 3.63) is 78.0 Å². The standard InChI is InChI=1S/C22H17N3O2/c1-2-6-17-16(5-1)13-24(12-15-8-9-18-19(11-15)27-14-26-18)22-21(17)23-20-7-3-4-10-25(20)22/h1-11H,12-14H2. The predicted molar refractivity (Wildman–Crippen MR) is 103 cm³/mol. The fourth-order valence-corrected chi connectivity index (χ4v) is 4.03. The van der Waals surface area contributed by atoms with Crippen LogP contribution in [-0.4, -0.2) is 16.2 Å². The molecule has 2 aliphatic heterocycles. The summed E-state index contributed by atoms with van der Waals surface area (Å²) in [7, 11) is 0. The quantitative estimate of drug-likeness (QED) is 0.539. The number of rotatable bonds is 2. The van der Waals surface area contributed by atoms with Gasteiger partial charge in [-0.15, -0.1) is 0 Å². The van der Waals surface area contributed by atoms with E-state index in [9.17, 15) is 0 Å². The first-order valence-corrected chi connectivity index (χ1v) is 9.06. The molecule has 4 aromatic rings. The molecule has 0 radical (unpaired) electrons. The molecule has 27 heavy (non-hydrogen) atoms. The molecule has 4 heterocycles. The Morgan fingerprint density at radius 2 is 1.81 bits per heavy atom. The lowest BCUT2D eigenvalue weighted by Crippen LogP contribution is -2.27. The highest BCUT2D eigenvalue weighted by molar-refractivity contribution is 5.82. The maximum Gasteiger partial charge on any atom is 0.231 e. The third-order valence-electron chi connectivity index (χ3n) is 5.25. The molecule has 0 saturated heterocycles. The Morgan fingerprint density at radius 3 is 2.81 bits per heavy atom. The largest absolute Gasteiger partial charge is 0.454 e. The molecule has 0 atom stereocenters. The van der Waals surface area contributed by atoms with Crippen LogP contribution >= 0.6 is 0 Å². The zero-order valence-corrected chi connectivity index (χ0v) is 14.6. The first-order valence-electron chi connectivity index (χ1n) is 9.06. The van der Waals surface area contributed by atoms with Crippen LogP contribution in [-0.2, 0) is 13.1 Å². The minimum Gasteiger partial charge on any atom is -0.454 e. The van der Waals surface area contributed by atoms with Gasteiger partial charge in [0, 0.05) is 24.8 Å². The van der Waals surface area contributed by atoms with Crippen LogP contribution in [0.15, 0.2) is 66.9 Å². The van der Waals surface area contributed by atoms with Gasteiger partial charge in [0.25, 0.3) is 0 Å². The van der Waals surface area contributed by atoms with Crippen LogP contribution in [0.25, 0.3) is 16.9 Å².